The zero-order valence-electron chi connectivity index (χ0n) is 5.76. The number of hydrogen-bond donors (Lipinski definition) is 1. The van der Waals surface area contributed by atoms with Gasteiger partial charge in [-0.1, -0.05) is 23.2 Å². The van der Waals surface area contributed by atoms with E-state index in [2.05, 4.69) is 10.5 Å². The fourth-order valence-corrected chi connectivity index (χ4v) is 0.969. The zero-order valence-corrected chi connectivity index (χ0v) is 8.03. The summed E-state index contributed by atoms with van der Waals surface area (Å²) in [6.07, 6.45) is 0. The number of halogens is 3. The number of nitrogens with zero attached hydrogens (tertiary/aromatic N) is 2. The van der Waals surface area contributed by atoms with Crippen molar-refractivity contribution in [2.24, 2.45) is 0 Å². The van der Waals surface area contributed by atoms with Gasteiger partial charge in [0.15, 0.2) is 0 Å². The van der Waals surface area contributed by atoms with Crippen molar-refractivity contribution in [3.8, 4) is 0 Å². The monoisotopic (exact) mass is 223 g/mol. The largest absolute Gasteiger partial charge is 1.00 e. The molecule has 1 N–H and O–H groups in total. The van der Waals surface area contributed by atoms with E-state index in [-0.39, 0.29) is 12.4 Å². The van der Waals surface area contributed by atoms with E-state index in [9.17, 15) is 0 Å². The van der Waals surface area contributed by atoms with Crippen LogP contribution in [-0.4, -0.2) is 0 Å². The number of nitrogens with one attached hydrogen (secondary N) is 1. The van der Waals surface area contributed by atoms with Gasteiger partial charge >= 0.3 is 5.08 Å². The summed E-state index contributed by atoms with van der Waals surface area (Å²) < 4.78 is 0. The first kappa shape index (κ1) is 11.3. The Morgan fingerprint density at radius 2 is 2.00 bits per heavy atom. The van der Waals surface area contributed by atoms with E-state index in [1.165, 1.54) is 0 Å². The van der Waals surface area contributed by atoms with E-state index in [0.29, 0.717) is 15.7 Å². The summed E-state index contributed by atoms with van der Waals surface area (Å²) in [5.74, 6) is 0. The molecule has 0 saturated heterocycles. The van der Waals surface area contributed by atoms with Gasteiger partial charge in [-0.15, -0.1) is 0 Å². The predicted molar refractivity (Wildman–Crippen MR) is 45.2 cm³/mol. The predicted octanol–water partition coefficient (Wildman–Crippen LogP) is 0.177. The van der Waals surface area contributed by atoms with Crippen LogP contribution in [0.15, 0.2) is 18.2 Å². The van der Waals surface area contributed by atoms with E-state index >= 15 is 0 Å². The van der Waals surface area contributed by atoms with Gasteiger partial charge in [-0.3, -0.25) is 0 Å². The molecule has 0 fully saturated rings. The quantitative estimate of drug-likeness (QED) is 0.546. The maximum Gasteiger partial charge on any atom is 0.308 e. The maximum atomic E-state index is 8.15. The third kappa shape index (κ3) is 2.74. The van der Waals surface area contributed by atoms with Gasteiger partial charge in [0.05, 0.1) is 5.02 Å². The van der Waals surface area contributed by atoms with Gasteiger partial charge in [-0.05, 0) is 23.6 Å². The van der Waals surface area contributed by atoms with Gasteiger partial charge in [0, 0.05) is 5.02 Å². The number of rotatable bonds is 1. The topological polar surface area (TPSA) is 40.2 Å². The van der Waals surface area contributed by atoms with Crippen LogP contribution in [0.4, 0.5) is 5.69 Å². The molecular weight excluding hydrogens is 220 g/mol. The normalized spacial score (nSPS) is 8.08. The van der Waals surface area contributed by atoms with Crippen LogP contribution in [0.25, 0.3) is 5.08 Å². The zero-order chi connectivity index (χ0) is 8.27. The van der Waals surface area contributed by atoms with Crippen molar-refractivity contribution in [1.82, 2.24) is 0 Å². The number of benzene rings is 1. The second-order valence-corrected chi connectivity index (χ2v) is 2.68. The molecule has 6 heteroatoms. The molecule has 0 heterocycles. The Labute approximate surface area is 85.7 Å². The van der Waals surface area contributed by atoms with Crippen LogP contribution in [0, 0.1) is 5.39 Å². The first-order valence-electron chi connectivity index (χ1n) is 2.79. The Hall–Kier alpha value is -0.690. The van der Waals surface area contributed by atoms with Crippen molar-refractivity contribution in [2.75, 3.05) is 5.43 Å². The summed E-state index contributed by atoms with van der Waals surface area (Å²) in [7, 11) is 0. The molecule has 0 saturated carbocycles. The fraction of sp³-hybridized carbons (Fsp3) is 0. The molecule has 0 aliphatic rings. The third-order valence-corrected chi connectivity index (χ3v) is 1.66. The highest BCUT2D eigenvalue weighted by Crippen LogP contribution is 2.25. The molecule has 0 bridgehead atoms. The minimum atomic E-state index is 0. The second-order valence-electron chi connectivity index (χ2n) is 1.84. The standard InChI is InChI=1S/C6H4Cl2N3.ClH/c7-4-1-2-5(8)6(3-4)10-11-9;/h1-3,10H;1H/q+1;/p-1. The summed E-state index contributed by atoms with van der Waals surface area (Å²) in [6, 6.07) is 4.81. The van der Waals surface area contributed by atoms with Gasteiger partial charge < -0.3 is 12.4 Å². The molecule has 1 rings (SSSR count). The van der Waals surface area contributed by atoms with E-state index in [0.717, 1.165) is 0 Å². The van der Waals surface area contributed by atoms with Crippen molar-refractivity contribution in [1.29, 1.82) is 5.39 Å². The molecular formula is C6H4Cl3N3. The molecule has 1 aromatic carbocycles. The van der Waals surface area contributed by atoms with Crippen LogP contribution in [0.2, 0.25) is 10.0 Å². The van der Waals surface area contributed by atoms with E-state index < -0.39 is 0 Å². The minimum Gasteiger partial charge on any atom is -1.00 e. The lowest BCUT2D eigenvalue weighted by Gasteiger charge is -1.93. The van der Waals surface area contributed by atoms with Crippen LogP contribution in [0.5, 0.6) is 0 Å². The van der Waals surface area contributed by atoms with Gasteiger partial charge in [0.25, 0.3) is 5.39 Å². The van der Waals surface area contributed by atoms with E-state index in [1.807, 2.05) is 0 Å². The minimum absolute atomic E-state index is 0. The van der Waals surface area contributed by atoms with Crippen molar-refractivity contribution >= 4 is 28.9 Å². The van der Waals surface area contributed by atoms with E-state index in [1.54, 1.807) is 18.2 Å². The summed E-state index contributed by atoms with van der Waals surface area (Å²) in [5, 5.41) is 11.8. The third-order valence-electron chi connectivity index (χ3n) is 1.10. The molecule has 0 spiro atoms. The van der Waals surface area contributed by atoms with Gasteiger partial charge in [-0.25, -0.2) is 0 Å². The molecule has 0 unspecified atom stereocenters. The Bertz CT molecular complexity index is 307. The lowest BCUT2D eigenvalue weighted by molar-refractivity contribution is -0.00000228. The average molecular weight is 224 g/mol. The van der Waals surface area contributed by atoms with Crippen LogP contribution in [-0.2, 0) is 0 Å². The molecule has 0 atom stereocenters. The fourth-order valence-electron chi connectivity index (χ4n) is 0.637. The lowest BCUT2D eigenvalue weighted by atomic mass is 10.3. The number of anilines is 1. The molecule has 3 nitrogen and oxygen atoms in total. The Morgan fingerprint density at radius 3 is 2.58 bits per heavy atom. The first-order valence-corrected chi connectivity index (χ1v) is 3.55. The van der Waals surface area contributed by atoms with Gasteiger partial charge in [-0.2, -0.15) is 0 Å². The van der Waals surface area contributed by atoms with Gasteiger partial charge in [0.2, 0.25) is 0 Å². The average Bonchev–Trinajstić information content (AvgIpc) is 1.98. The molecule has 0 amide bonds. The molecule has 64 valence electrons. The van der Waals surface area contributed by atoms with Gasteiger partial charge in [0.1, 0.15) is 5.69 Å². The first-order chi connectivity index (χ1) is 5.24. The number of hydrogen-bond acceptors (Lipinski definition) is 2. The summed E-state index contributed by atoms with van der Waals surface area (Å²) in [4.78, 5) is 0. The van der Waals surface area contributed by atoms with Crippen LogP contribution in [0.3, 0.4) is 0 Å². The van der Waals surface area contributed by atoms with Crippen molar-refractivity contribution in [3.63, 3.8) is 0 Å². The van der Waals surface area contributed by atoms with Crippen LogP contribution >= 0.6 is 23.2 Å². The SMILES string of the molecule is N#[N+]Nc1cc(Cl)ccc1Cl.[Cl-]. The highest BCUT2D eigenvalue weighted by atomic mass is 35.5. The molecule has 0 aliphatic heterocycles. The maximum absolute atomic E-state index is 8.15. The van der Waals surface area contributed by atoms with Crippen molar-refractivity contribution in [2.45, 2.75) is 0 Å². The second kappa shape index (κ2) is 5.04. The van der Waals surface area contributed by atoms with Crippen LogP contribution in [0.1, 0.15) is 0 Å². The molecule has 12 heavy (non-hydrogen) atoms. The summed E-state index contributed by atoms with van der Waals surface area (Å²) in [6.45, 7) is 0. The molecule has 0 aromatic heterocycles. The Kier molecular flexibility index (Phi) is 4.75. The smallest absolute Gasteiger partial charge is 0.308 e. The Morgan fingerprint density at radius 1 is 1.33 bits per heavy atom. The molecule has 1 aromatic rings. The Balaban J connectivity index is 0.00000121. The molecule has 0 radical (unpaired) electrons. The lowest BCUT2D eigenvalue weighted by Crippen LogP contribution is -3.00. The highest BCUT2D eigenvalue weighted by molar-refractivity contribution is 6.35. The molecule has 0 aliphatic carbocycles. The highest BCUT2D eigenvalue weighted by Gasteiger charge is 2.04. The van der Waals surface area contributed by atoms with Crippen molar-refractivity contribution in [3.05, 3.63) is 33.3 Å². The summed E-state index contributed by atoms with van der Waals surface area (Å²) >= 11 is 11.3. The number of diazo groups is 1. The summed E-state index contributed by atoms with van der Waals surface area (Å²) in [5.41, 5.74) is 2.75. The van der Waals surface area contributed by atoms with Crippen molar-refractivity contribution < 1.29 is 12.4 Å². The van der Waals surface area contributed by atoms with E-state index in [4.69, 9.17) is 28.6 Å². The van der Waals surface area contributed by atoms with Crippen LogP contribution < -0.4 is 17.8 Å².